The molecule has 1 heterocycles. The number of nitrogens with one attached hydrogen (secondary N) is 1. The summed E-state index contributed by atoms with van der Waals surface area (Å²) in [4.78, 5) is 17.6. The molecule has 9 heteroatoms. The van der Waals surface area contributed by atoms with Crippen molar-refractivity contribution in [2.24, 2.45) is 4.99 Å². The summed E-state index contributed by atoms with van der Waals surface area (Å²) in [5.74, 6) is 1.76. The molecule has 3 aromatic rings. The minimum absolute atomic E-state index is 0.202. The minimum Gasteiger partial charge on any atom is -0.497 e. The molecule has 6 nitrogen and oxygen atoms in total. The molecule has 0 aliphatic carbocycles. The summed E-state index contributed by atoms with van der Waals surface area (Å²) in [6.45, 7) is 2.80. The van der Waals surface area contributed by atoms with Crippen LogP contribution in [0.25, 0.3) is 6.08 Å². The van der Waals surface area contributed by atoms with Crippen molar-refractivity contribution in [1.82, 2.24) is 5.32 Å². The highest BCUT2D eigenvalue weighted by molar-refractivity contribution is 9.10. The van der Waals surface area contributed by atoms with Crippen LogP contribution in [0.4, 0.5) is 5.69 Å². The molecule has 0 atom stereocenters. The molecular weight excluding hydrogens is 596 g/mol. The van der Waals surface area contributed by atoms with Gasteiger partial charge >= 0.3 is 0 Å². The van der Waals surface area contributed by atoms with Crippen LogP contribution in [0.2, 0.25) is 0 Å². The van der Waals surface area contributed by atoms with Crippen molar-refractivity contribution in [3.05, 3.63) is 85.6 Å². The lowest BCUT2D eigenvalue weighted by Gasteiger charge is -2.15. The Kier molecular flexibility index (Phi) is 8.54. The van der Waals surface area contributed by atoms with Crippen LogP contribution in [0, 0.1) is 0 Å². The van der Waals surface area contributed by atoms with Crippen LogP contribution < -0.4 is 19.5 Å². The van der Waals surface area contributed by atoms with Gasteiger partial charge in [-0.1, -0.05) is 28.1 Å². The zero-order chi connectivity index (χ0) is 24.8. The highest BCUT2D eigenvalue weighted by atomic mass is 79.9. The molecule has 0 aromatic heterocycles. The Morgan fingerprint density at radius 2 is 1.77 bits per heavy atom. The number of methoxy groups -OCH3 is 1. The molecule has 180 valence electrons. The SMILES string of the molecule is CCOc1cc(/C=C2/SC(=Nc3ccc(OC)cc3)NC2=O)cc(Br)c1OCc1ccc(Br)cc1. The van der Waals surface area contributed by atoms with E-state index in [0.717, 1.165) is 31.5 Å². The van der Waals surface area contributed by atoms with Crippen molar-refractivity contribution < 1.29 is 19.0 Å². The van der Waals surface area contributed by atoms with E-state index in [2.05, 4.69) is 42.2 Å². The van der Waals surface area contributed by atoms with Crippen molar-refractivity contribution in [1.29, 1.82) is 0 Å². The standard InChI is InChI=1S/C26H22Br2N2O4S/c1-3-33-22-13-17(12-21(28)24(22)34-15-16-4-6-18(27)7-5-16)14-23-25(31)30-26(35-23)29-19-8-10-20(32-2)11-9-19/h4-14H,3,15H2,1-2H3,(H,29,30,31)/b23-14+. The van der Waals surface area contributed by atoms with E-state index in [0.29, 0.717) is 34.8 Å². The highest BCUT2D eigenvalue weighted by Gasteiger charge is 2.24. The van der Waals surface area contributed by atoms with Crippen molar-refractivity contribution in [3.63, 3.8) is 0 Å². The quantitative estimate of drug-likeness (QED) is 0.273. The summed E-state index contributed by atoms with van der Waals surface area (Å²) in [5, 5.41) is 3.33. The molecule has 1 amide bonds. The fraction of sp³-hybridized carbons (Fsp3) is 0.154. The Morgan fingerprint density at radius 3 is 2.46 bits per heavy atom. The first-order valence-electron chi connectivity index (χ1n) is 10.7. The highest BCUT2D eigenvalue weighted by Crippen LogP contribution is 2.39. The van der Waals surface area contributed by atoms with Crippen LogP contribution in [0.15, 0.2) is 79.5 Å². The van der Waals surface area contributed by atoms with Gasteiger partial charge in [0.2, 0.25) is 0 Å². The first-order valence-corrected chi connectivity index (χ1v) is 13.1. The molecule has 0 spiro atoms. The van der Waals surface area contributed by atoms with Crippen LogP contribution in [-0.4, -0.2) is 24.8 Å². The number of ether oxygens (including phenoxy) is 3. The summed E-state index contributed by atoms with van der Waals surface area (Å²) in [6, 6.07) is 19.0. The van der Waals surface area contributed by atoms with E-state index in [1.807, 2.05) is 73.7 Å². The molecule has 1 fully saturated rings. The van der Waals surface area contributed by atoms with Gasteiger partial charge in [-0.3, -0.25) is 4.79 Å². The van der Waals surface area contributed by atoms with Crippen molar-refractivity contribution in [2.75, 3.05) is 13.7 Å². The third-order valence-electron chi connectivity index (χ3n) is 4.88. The van der Waals surface area contributed by atoms with E-state index in [1.165, 1.54) is 11.8 Å². The van der Waals surface area contributed by atoms with Gasteiger partial charge in [-0.25, -0.2) is 4.99 Å². The normalized spacial score (nSPS) is 15.4. The van der Waals surface area contributed by atoms with Crippen molar-refractivity contribution >= 4 is 66.5 Å². The lowest BCUT2D eigenvalue weighted by atomic mass is 10.1. The number of rotatable bonds is 8. The molecule has 0 saturated carbocycles. The van der Waals surface area contributed by atoms with E-state index in [9.17, 15) is 4.79 Å². The van der Waals surface area contributed by atoms with Crippen LogP contribution in [0.5, 0.6) is 17.2 Å². The molecule has 0 radical (unpaired) electrons. The molecule has 1 N–H and O–H groups in total. The molecule has 0 unspecified atom stereocenters. The third kappa shape index (κ3) is 6.68. The second-order valence-electron chi connectivity index (χ2n) is 7.36. The number of hydrogen-bond acceptors (Lipinski definition) is 6. The molecule has 35 heavy (non-hydrogen) atoms. The summed E-state index contributed by atoms with van der Waals surface area (Å²) < 4.78 is 18.8. The number of nitrogens with zero attached hydrogens (tertiary/aromatic N) is 1. The Morgan fingerprint density at radius 1 is 1.03 bits per heavy atom. The molecule has 3 aromatic carbocycles. The smallest absolute Gasteiger partial charge is 0.264 e. The van der Waals surface area contributed by atoms with Gasteiger partial charge in [0.1, 0.15) is 12.4 Å². The van der Waals surface area contributed by atoms with Gasteiger partial charge in [0.05, 0.1) is 28.8 Å². The van der Waals surface area contributed by atoms with Gasteiger partial charge in [0.25, 0.3) is 5.91 Å². The van der Waals surface area contributed by atoms with Gasteiger partial charge in [-0.15, -0.1) is 0 Å². The zero-order valence-corrected chi connectivity index (χ0v) is 23.0. The first kappa shape index (κ1) is 25.3. The number of halogens is 2. The topological polar surface area (TPSA) is 69.2 Å². The Bertz CT molecular complexity index is 1280. The first-order chi connectivity index (χ1) is 16.9. The van der Waals surface area contributed by atoms with Crippen LogP contribution in [-0.2, 0) is 11.4 Å². The maximum Gasteiger partial charge on any atom is 0.264 e. The fourth-order valence-electron chi connectivity index (χ4n) is 3.22. The Balaban J connectivity index is 1.53. The largest absolute Gasteiger partial charge is 0.497 e. The number of carbonyl (C=O) groups is 1. The predicted molar refractivity (Wildman–Crippen MR) is 148 cm³/mol. The predicted octanol–water partition coefficient (Wildman–Crippen LogP) is 7.09. The molecule has 1 aliphatic rings. The van der Waals surface area contributed by atoms with Crippen molar-refractivity contribution in [3.8, 4) is 17.2 Å². The van der Waals surface area contributed by atoms with Gasteiger partial charge in [0.15, 0.2) is 16.7 Å². The Labute approximate surface area is 225 Å². The second-order valence-corrected chi connectivity index (χ2v) is 10.2. The average Bonchev–Trinajstić information content (AvgIpc) is 3.18. The van der Waals surface area contributed by atoms with E-state index < -0.39 is 0 Å². The summed E-state index contributed by atoms with van der Waals surface area (Å²) in [7, 11) is 1.61. The maximum absolute atomic E-state index is 12.6. The number of amidine groups is 1. The lowest BCUT2D eigenvalue weighted by molar-refractivity contribution is -0.115. The van der Waals surface area contributed by atoms with Crippen LogP contribution in [0.1, 0.15) is 18.1 Å². The summed E-state index contributed by atoms with van der Waals surface area (Å²) in [6.07, 6.45) is 1.81. The Hall–Kier alpha value is -2.75. The molecule has 1 aliphatic heterocycles. The van der Waals surface area contributed by atoms with Gasteiger partial charge < -0.3 is 19.5 Å². The fourth-order valence-corrected chi connectivity index (χ4v) is 4.90. The molecule has 1 saturated heterocycles. The van der Waals surface area contributed by atoms with Gasteiger partial charge in [-0.2, -0.15) is 0 Å². The number of benzene rings is 3. The van der Waals surface area contributed by atoms with Gasteiger partial charge in [-0.05, 0) is 100 Å². The monoisotopic (exact) mass is 616 g/mol. The molecule has 4 rings (SSSR count). The maximum atomic E-state index is 12.6. The molecule has 0 bridgehead atoms. The van der Waals surface area contributed by atoms with Crippen LogP contribution >= 0.6 is 43.6 Å². The van der Waals surface area contributed by atoms with E-state index in [1.54, 1.807) is 7.11 Å². The number of thioether (sulfide) groups is 1. The van der Waals surface area contributed by atoms with E-state index >= 15 is 0 Å². The number of hydrogen-bond donors (Lipinski definition) is 1. The van der Waals surface area contributed by atoms with Crippen molar-refractivity contribution in [2.45, 2.75) is 13.5 Å². The summed E-state index contributed by atoms with van der Waals surface area (Å²) in [5.41, 5.74) is 2.57. The zero-order valence-electron chi connectivity index (χ0n) is 19.0. The third-order valence-corrected chi connectivity index (χ3v) is 6.91. The number of aliphatic imine (C=N–C) groups is 1. The van der Waals surface area contributed by atoms with E-state index in [4.69, 9.17) is 14.2 Å². The van der Waals surface area contributed by atoms with Crippen LogP contribution in [0.3, 0.4) is 0 Å². The minimum atomic E-state index is -0.202. The van der Waals surface area contributed by atoms with Gasteiger partial charge in [0, 0.05) is 4.47 Å². The second kappa shape index (κ2) is 11.8. The number of carbonyl (C=O) groups excluding carboxylic acids is 1. The summed E-state index contributed by atoms with van der Waals surface area (Å²) >= 11 is 8.33. The number of amides is 1. The lowest BCUT2D eigenvalue weighted by Crippen LogP contribution is -2.19. The molecular formula is C26H22Br2N2O4S. The van der Waals surface area contributed by atoms with E-state index in [-0.39, 0.29) is 5.91 Å². The average molecular weight is 618 g/mol.